The van der Waals surface area contributed by atoms with Crippen molar-refractivity contribution in [3.63, 3.8) is 0 Å². The van der Waals surface area contributed by atoms with Crippen LogP contribution >= 0.6 is 0 Å². The number of methoxy groups -OCH3 is 1. The minimum Gasteiger partial charge on any atom is -0.496 e. The lowest BCUT2D eigenvalue weighted by molar-refractivity contribution is -0.137. The number of hydrogen-bond donors (Lipinski definition) is 2. The number of rotatable bonds is 9. The number of carbonyl (C=O) groups is 3. The van der Waals surface area contributed by atoms with Crippen LogP contribution in [0.2, 0.25) is 0 Å². The van der Waals surface area contributed by atoms with Crippen molar-refractivity contribution in [1.82, 2.24) is 5.32 Å². The average molecular weight is 306 g/mol. The van der Waals surface area contributed by atoms with Crippen molar-refractivity contribution in [2.24, 2.45) is 5.73 Å². The Kier molecular flexibility index (Phi) is 7.08. The number of para-hydroxylation sites is 1. The van der Waals surface area contributed by atoms with Crippen LogP contribution in [0.15, 0.2) is 24.3 Å². The van der Waals surface area contributed by atoms with Crippen molar-refractivity contribution < 1.29 is 19.1 Å². The second-order valence-corrected chi connectivity index (χ2v) is 4.95. The summed E-state index contributed by atoms with van der Waals surface area (Å²) in [6, 6.07) is 5.77. The van der Waals surface area contributed by atoms with E-state index < -0.39 is 23.6 Å². The number of Topliss-reactive ketones (excluding diaryl/α,β-unsaturated/α-hetero) is 1. The van der Waals surface area contributed by atoms with E-state index in [1.54, 1.807) is 24.3 Å². The van der Waals surface area contributed by atoms with Crippen molar-refractivity contribution >= 4 is 17.6 Å². The summed E-state index contributed by atoms with van der Waals surface area (Å²) in [5.41, 5.74) is 5.36. The Morgan fingerprint density at radius 1 is 1.23 bits per heavy atom. The maximum Gasteiger partial charge on any atom is 0.287 e. The van der Waals surface area contributed by atoms with Crippen LogP contribution in [0, 0.1) is 0 Å². The molecule has 0 bridgehead atoms. The van der Waals surface area contributed by atoms with Gasteiger partial charge in [0.2, 0.25) is 5.78 Å². The van der Waals surface area contributed by atoms with Gasteiger partial charge in [0, 0.05) is 0 Å². The molecule has 0 heterocycles. The first-order valence-electron chi connectivity index (χ1n) is 7.28. The van der Waals surface area contributed by atoms with Crippen LogP contribution in [-0.4, -0.2) is 30.7 Å². The average Bonchev–Trinajstić information content (AvgIpc) is 2.53. The molecular formula is C16H22N2O4. The van der Waals surface area contributed by atoms with E-state index in [0.717, 1.165) is 19.3 Å². The molecule has 1 aromatic rings. The van der Waals surface area contributed by atoms with E-state index in [1.165, 1.54) is 7.11 Å². The maximum absolute atomic E-state index is 12.3. The predicted molar refractivity (Wildman–Crippen MR) is 82.6 cm³/mol. The SMILES string of the molecule is CCCCCC(NC(=O)c1ccccc1OC)C(=O)C(N)=O. The molecule has 0 fully saturated rings. The minimum atomic E-state index is -1.04. The van der Waals surface area contributed by atoms with Crippen LogP contribution in [0.5, 0.6) is 5.75 Å². The molecule has 3 N–H and O–H groups in total. The Bertz CT molecular complexity index is 543. The van der Waals surface area contributed by atoms with Gasteiger partial charge in [-0.15, -0.1) is 0 Å². The summed E-state index contributed by atoms with van der Waals surface area (Å²) < 4.78 is 5.12. The van der Waals surface area contributed by atoms with Crippen LogP contribution in [-0.2, 0) is 9.59 Å². The third-order valence-corrected chi connectivity index (χ3v) is 3.31. The molecule has 6 heteroatoms. The number of carbonyl (C=O) groups excluding carboxylic acids is 3. The zero-order valence-electron chi connectivity index (χ0n) is 12.9. The molecular weight excluding hydrogens is 284 g/mol. The monoisotopic (exact) mass is 306 g/mol. The van der Waals surface area contributed by atoms with Crippen molar-refractivity contribution in [1.29, 1.82) is 0 Å². The molecule has 0 aliphatic rings. The zero-order valence-corrected chi connectivity index (χ0v) is 12.9. The summed E-state index contributed by atoms with van der Waals surface area (Å²) >= 11 is 0. The molecule has 1 aromatic carbocycles. The Morgan fingerprint density at radius 2 is 1.91 bits per heavy atom. The van der Waals surface area contributed by atoms with Gasteiger partial charge in [-0.25, -0.2) is 0 Å². The van der Waals surface area contributed by atoms with Gasteiger partial charge in [0.15, 0.2) is 0 Å². The van der Waals surface area contributed by atoms with Gasteiger partial charge in [-0.3, -0.25) is 14.4 Å². The van der Waals surface area contributed by atoms with Gasteiger partial charge in [0.1, 0.15) is 5.75 Å². The number of ether oxygens (including phenoxy) is 1. The van der Waals surface area contributed by atoms with Crippen LogP contribution in [0.1, 0.15) is 43.0 Å². The predicted octanol–water partition coefficient (Wildman–Crippen LogP) is 1.43. The van der Waals surface area contributed by atoms with E-state index in [-0.39, 0.29) is 0 Å². The van der Waals surface area contributed by atoms with E-state index in [9.17, 15) is 14.4 Å². The maximum atomic E-state index is 12.3. The molecule has 0 spiro atoms. The van der Waals surface area contributed by atoms with E-state index >= 15 is 0 Å². The molecule has 1 rings (SSSR count). The van der Waals surface area contributed by atoms with Gasteiger partial charge in [-0.05, 0) is 18.6 Å². The molecule has 1 atom stereocenters. The highest BCUT2D eigenvalue weighted by Gasteiger charge is 2.25. The fourth-order valence-electron chi connectivity index (χ4n) is 2.11. The Balaban J connectivity index is 2.85. The van der Waals surface area contributed by atoms with Crippen molar-refractivity contribution in [2.45, 2.75) is 38.6 Å². The van der Waals surface area contributed by atoms with Gasteiger partial charge < -0.3 is 15.8 Å². The molecule has 0 aliphatic carbocycles. The molecule has 22 heavy (non-hydrogen) atoms. The first-order chi connectivity index (χ1) is 10.5. The van der Waals surface area contributed by atoms with Crippen molar-refractivity contribution in [3.05, 3.63) is 29.8 Å². The molecule has 120 valence electrons. The third kappa shape index (κ3) is 4.87. The number of benzene rings is 1. The summed E-state index contributed by atoms with van der Waals surface area (Å²) in [6.45, 7) is 2.03. The molecule has 0 aromatic heterocycles. The molecule has 0 saturated heterocycles. The second kappa shape index (κ2) is 8.81. The number of primary amides is 1. The smallest absolute Gasteiger partial charge is 0.287 e. The molecule has 0 saturated carbocycles. The van der Waals surface area contributed by atoms with Crippen LogP contribution < -0.4 is 15.8 Å². The molecule has 6 nitrogen and oxygen atoms in total. The van der Waals surface area contributed by atoms with Gasteiger partial charge in [0.25, 0.3) is 11.8 Å². The van der Waals surface area contributed by atoms with Gasteiger partial charge >= 0.3 is 0 Å². The Morgan fingerprint density at radius 3 is 2.50 bits per heavy atom. The van der Waals surface area contributed by atoms with Gasteiger partial charge in [0.05, 0.1) is 18.7 Å². The summed E-state index contributed by atoms with van der Waals surface area (Å²) in [7, 11) is 1.46. The highest BCUT2D eigenvalue weighted by molar-refractivity contribution is 6.38. The second-order valence-electron chi connectivity index (χ2n) is 4.95. The highest BCUT2D eigenvalue weighted by atomic mass is 16.5. The van der Waals surface area contributed by atoms with Gasteiger partial charge in [-0.2, -0.15) is 0 Å². The highest BCUT2D eigenvalue weighted by Crippen LogP contribution is 2.17. The fraction of sp³-hybridized carbons (Fsp3) is 0.438. The van der Waals surface area contributed by atoms with Crippen molar-refractivity contribution in [2.75, 3.05) is 7.11 Å². The number of hydrogen-bond acceptors (Lipinski definition) is 4. The lowest BCUT2D eigenvalue weighted by atomic mass is 10.0. The molecule has 2 amide bonds. The van der Waals surface area contributed by atoms with Gasteiger partial charge in [-0.1, -0.05) is 38.3 Å². The summed E-state index contributed by atoms with van der Waals surface area (Å²) in [6.07, 6.45) is 2.99. The normalized spacial score (nSPS) is 11.5. The molecule has 0 aliphatic heterocycles. The lowest BCUT2D eigenvalue weighted by Gasteiger charge is -2.17. The van der Waals surface area contributed by atoms with Crippen LogP contribution in [0.4, 0.5) is 0 Å². The number of amides is 2. The molecule has 1 unspecified atom stereocenters. The number of unbranched alkanes of at least 4 members (excludes halogenated alkanes) is 2. The summed E-state index contributed by atoms with van der Waals surface area (Å²) in [5, 5.41) is 2.58. The minimum absolute atomic E-state index is 0.308. The molecule has 0 radical (unpaired) electrons. The Labute approximate surface area is 130 Å². The van der Waals surface area contributed by atoms with E-state index in [2.05, 4.69) is 5.32 Å². The topological polar surface area (TPSA) is 98.5 Å². The zero-order chi connectivity index (χ0) is 16.5. The summed E-state index contributed by atoms with van der Waals surface area (Å²) in [5.74, 6) is -1.88. The lowest BCUT2D eigenvalue weighted by Crippen LogP contribution is -2.46. The standard InChI is InChI=1S/C16H22N2O4/c1-3-4-5-9-12(14(19)15(17)20)18-16(21)11-8-6-7-10-13(11)22-2/h6-8,10,12H,3-5,9H2,1-2H3,(H2,17,20)(H,18,21). The van der Waals surface area contributed by atoms with E-state index in [4.69, 9.17) is 10.5 Å². The summed E-state index contributed by atoms with van der Waals surface area (Å²) in [4.78, 5) is 35.2. The first-order valence-corrected chi connectivity index (χ1v) is 7.28. The first kappa shape index (κ1) is 17.7. The van der Waals surface area contributed by atoms with Crippen LogP contribution in [0.3, 0.4) is 0 Å². The number of nitrogens with two attached hydrogens (primary N) is 1. The number of nitrogens with one attached hydrogen (secondary N) is 1. The largest absolute Gasteiger partial charge is 0.496 e. The van der Waals surface area contributed by atoms with Crippen LogP contribution in [0.25, 0.3) is 0 Å². The fourth-order valence-corrected chi connectivity index (χ4v) is 2.11. The Hall–Kier alpha value is -2.37. The van der Waals surface area contributed by atoms with Crippen molar-refractivity contribution in [3.8, 4) is 5.75 Å². The quantitative estimate of drug-likeness (QED) is 0.532. The number of ketones is 1. The third-order valence-electron chi connectivity index (χ3n) is 3.31. The van der Waals surface area contributed by atoms with E-state index in [1.807, 2.05) is 6.92 Å². The van der Waals surface area contributed by atoms with E-state index in [0.29, 0.717) is 17.7 Å².